The zero-order valence-electron chi connectivity index (χ0n) is 10.1. The standard InChI is InChI=1S/C13H19N3O/c1-14-9-10-5-2-3-8-12(10)16-13(17)15-11-6-4-7-11/h2-3,5,8,11,14H,4,6-7,9H2,1H3,(H2,15,16,17). The van der Waals surface area contributed by atoms with Gasteiger partial charge in [-0.2, -0.15) is 0 Å². The lowest BCUT2D eigenvalue weighted by Crippen LogP contribution is -2.42. The summed E-state index contributed by atoms with van der Waals surface area (Å²) in [7, 11) is 1.89. The number of anilines is 1. The zero-order valence-corrected chi connectivity index (χ0v) is 10.1. The topological polar surface area (TPSA) is 53.2 Å². The second-order valence-electron chi connectivity index (χ2n) is 4.41. The van der Waals surface area contributed by atoms with Gasteiger partial charge in [-0.25, -0.2) is 4.79 Å². The van der Waals surface area contributed by atoms with E-state index in [1.807, 2.05) is 31.3 Å². The molecule has 4 heteroatoms. The van der Waals surface area contributed by atoms with Crippen LogP contribution in [0.15, 0.2) is 24.3 Å². The predicted molar refractivity (Wildman–Crippen MR) is 69.0 cm³/mol. The maximum Gasteiger partial charge on any atom is 0.319 e. The van der Waals surface area contributed by atoms with Crippen molar-refractivity contribution < 1.29 is 4.79 Å². The summed E-state index contributed by atoms with van der Waals surface area (Å²) in [6, 6.07) is 8.10. The molecule has 0 aliphatic heterocycles. The van der Waals surface area contributed by atoms with Gasteiger partial charge in [0.2, 0.25) is 0 Å². The van der Waals surface area contributed by atoms with Crippen LogP contribution in [0.2, 0.25) is 0 Å². The normalized spacial score (nSPS) is 15.1. The van der Waals surface area contributed by atoms with Crippen molar-refractivity contribution in [2.45, 2.75) is 31.8 Å². The third-order valence-corrected chi connectivity index (χ3v) is 3.07. The summed E-state index contributed by atoms with van der Waals surface area (Å²) in [5, 5.41) is 8.96. The summed E-state index contributed by atoms with van der Waals surface area (Å²) in [6.45, 7) is 0.750. The van der Waals surface area contributed by atoms with Crippen LogP contribution in [0.4, 0.5) is 10.5 Å². The quantitative estimate of drug-likeness (QED) is 0.745. The first-order valence-electron chi connectivity index (χ1n) is 6.09. The molecule has 2 rings (SSSR count). The van der Waals surface area contributed by atoms with Gasteiger partial charge in [0.25, 0.3) is 0 Å². The number of hydrogen-bond acceptors (Lipinski definition) is 2. The lowest BCUT2D eigenvalue weighted by molar-refractivity contribution is 0.240. The summed E-state index contributed by atoms with van der Waals surface area (Å²) in [5.74, 6) is 0. The lowest BCUT2D eigenvalue weighted by atomic mass is 9.93. The fourth-order valence-corrected chi connectivity index (χ4v) is 1.88. The van der Waals surface area contributed by atoms with E-state index in [0.717, 1.165) is 30.6 Å². The van der Waals surface area contributed by atoms with Crippen molar-refractivity contribution in [1.82, 2.24) is 10.6 Å². The molecule has 4 nitrogen and oxygen atoms in total. The van der Waals surface area contributed by atoms with Crippen LogP contribution in [-0.2, 0) is 6.54 Å². The first-order valence-corrected chi connectivity index (χ1v) is 6.09. The van der Waals surface area contributed by atoms with E-state index in [9.17, 15) is 4.79 Å². The molecule has 0 saturated heterocycles. The highest BCUT2D eigenvalue weighted by Crippen LogP contribution is 2.19. The first kappa shape index (κ1) is 11.9. The summed E-state index contributed by atoms with van der Waals surface area (Å²) in [5.41, 5.74) is 1.97. The fraction of sp³-hybridized carbons (Fsp3) is 0.462. The van der Waals surface area contributed by atoms with E-state index in [-0.39, 0.29) is 6.03 Å². The Morgan fingerprint density at radius 2 is 2.12 bits per heavy atom. The number of carbonyl (C=O) groups is 1. The van der Waals surface area contributed by atoms with E-state index in [1.165, 1.54) is 6.42 Å². The Labute approximate surface area is 102 Å². The molecule has 17 heavy (non-hydrogen) atoms. The van der Waals surface area contributed by atoms with E-state index in [1.54, 1.807) is 0 Å². The Morgan fingerprint density at radius 3 is 2.76 bits per heavy atom. The van der Waals surface area contributed by atoms with Gasteiger partial charge >= 0.3 is 6.03 Å². The van der Waals surface area contributed by atoms with Crippen LogP contribution >= 0.6 is 0 Å². The van der Waals surface area contributed by atoms with Gasteiger partial charge in [-0.05, 0) is 37.9 Å². The molecule has 0 atom stereocenters. The van der Waals surface area contributed by atoms with Gasteiger partial charge in [-0.1, -0.05) is 18.2 Å². The average molecular weight is 233 g/mol. The molecule has 1 aromatic rings. The molecule has 1 aliphatic carbocycles. The summed E-state index contributed by atoms with van der Waals surface area (Å²) in [6.07, 6.45) is 3.43. The number of benzene rings is 1. The Kier molecular flexibility index (Phi) is 3.98. The fourth-order valence-electron chi connectivity index (χ4n) is 1.88. The van der Waals surface area contributed by atoms with Crippen molar-refractivity contribution in [3.63, 3.8) is 0 Å². The Bertz CT molecular complexity index is 388. The summed E-state index contributed by atoms with van der Waals surface area (Å²) in [4.78, 5) is 11.7. The molecular formula is C13H19N3O. The van der Waals surface area contributed by atoms with E-state index < -0.39 is 0 Å². The highest BCUT2D eigenvalue weighted by molar-refractivity contribution is 5.90. The molecule has 0 heterocycles. The Morgan fingerprint density at radius 1 is 1.35 bits per heavy atom. The molecule has 92 valence electrons. The number of para-hydroxylation sites is 1. The van der Waals surface area contributed by atoms with Crippen molar-refractivity contribution in [3.8, 4) is 0 Å². The van der Waals surface area contributed by atoms with Crippen LogP contribution in [0.1, 0.15) is 24.8 Å². The van der Waals surface area contributed by atoms with Gasteiger partial charge in [-0.15, -0.1) is 0 Å². The van der Waals surface area contributed by atoms with Crippen LogP contribution < -0.4 is 16.0 Å². The third-order valence-electron chi connectivity index (χ3n) is 3.07. The molecule has 0 unspecified atom stereocenters. The largest absolute Gasteiger partial charge is 0.335 e. The second kappa shape index (κ2) is 5.68. The lowest BCUT2D eigenvalue weighted by Gasteiger charge is -2.26. The molecule has 0 spiro atoms. The maximum absolute atomic E-state index is 11.7. The summed E-state index contributed by atoms with van der Waals surface area (Å²) < 4.78 is 0. The Balaban J connectivity index is 1.94. The van der Waals surface area contributed by atoms with Crippen LogP contribution in [0.25, 0.3) is 0 Å². The molecule has 1 aliphatic rings. The SMILES string of the molecule is CNCc1ccccc1NC(=O)NC1CCC1. The van der Waals surface area contributed by atoms with Gasteiger partial charge in [0.05, 0.1) is 0 Å². The van der Waals surface area contributed by atoms with E-state index >= 15 is 0 Å². The molecule has 0 radical (unpaired) electrons. The average Bonchev–Trinajstić information content (AvgIpc) is 2.27. The van der Waals surface area contributed by atoms with Gasteiger partial charge in [-0.3, -0.25) is 0 Å². The number of urea groups is 1. The third kappa shape index (κ3) is 3.20. The van der Waals surface area contributed by atoms with Crippen LogP contribution in [0, 0.1) is 0 Å². The molecule has 0 aromatic heterocycles. The van der Waals surface area contributed by atoms with Crippen LogP contribution in [-0.4, -0.2) is 19.1 Å². The van der Waals surface area contributed by atoms with Gasteiger partial charge in [0, 0.05) is 18.3 Å². The summed E-state index contributed by atoms with van der Waals surface area (Å²) >= 11 is 0. The second-order valence-corrected chi connectivity index (χ2v) is 4.41. The van der Waals surface area contributed by atoms with Crippen LogP contribution in [0.5, 0.6) is 0 Å². The molecule has 2 amide bonds. The monoisotopic (exact) mass is 233 g/mol. The zero-order chi connectivity index (χ0) is 12.1. The minimum absolute atomic E-state index is 0.0988. The number of amides is 2. The highest BCUT2D eigenvalue weighted by atomic mass is 16.2. The van der Waals surface area contributed by atoms with E-state index in [4.69, 9.17) is 0 Å². The molecular weight excluding hydrogens is 214 g/mol. The number of rotatable bonds is 4. The molecule has 1 aromatic carbocycles. The van der Waals surface area contributed by atoms with Crippen molar-refractivity contribution in [2.24, 2.45) is 0 Å². The van der Waals surface area contributed by atoms with Crippen molar-refractivity contribution in [3.05, 3.63) is 29.8 Å². The van der Waals surface area contributed by atoms with Crippen molar-refractivity contribution >= 4 is 11.7 Å². The smallest absolute Gasteiger partial charge is 0.319 e. The molecule has 0 bridgehead atoms. The number of hydrogen-bond donors (Lipinski definition) is 3. The molecule has 3 N–H and O–H groups in total. The molecule has 1 fully saturated rings. The predicted octanol–water partition coefficient (Wildman–Crippen LogP) is 2.08. The maximum atomic E-state index is 11.7. The van der Waals surface area contributed by atoms with E-state index in [0.29, 0.717) is 6.04 Å². The number of nitrogens with one attached hydrogen (secondary N) is 3. The highest BCUT2D eigenvalue weighted by Gasteiger charge is 2.19. The Hall–Kier alpha value is -1.55. The van der Waals surface area contributed by atoms with E-state index in [2.05, 4.69) is 16.0 Å². The molecule has 1 saturated carbocycles. The van der Waals surface area contributed by atoms with Gasteiger partial charge in [0.15, 0.2) is 0 Å². The van der Waals surface area contributed by atoms with Gasteiger partial charge in [0.1, 0.15) is 0 Å². The van der Waals surface area contributed by atoms with Crippen molar-refractivity contribution in [1.29, 1.82) is 0 Å². The minimum atomic E-state index is -0.0988. The van der Waals surface area contributed by atoms with Gasteiger partial charge < -0.3 is 16.0 Å². The number of carbonyl (C=O) groups excluding carboxylic acids is 1. The van der Waals surface area contributed by atoms with Crippen molar-refractivity contribution in [2.75, 3.05) is 12.4 Å². The van der Waals surface area contributed by atoms with Crippen LogP contribution in [0.3, 0.4) is 0 Å². The minimum Gasteiger partial charge on any atom is -0.335 e. The first-order chi connectivity index (χ1) is 8.29.